The molecule has 110 valence electrons. The number of hydrogen-bond acceptors (Lipinski definition) is 6. The minimum absolute atomic E-state index is 0.141. The van der Waals surface area contributed by atoms with E-state index in [4.69, 9.17) is 4.74 Å². The molecular formula is C14H16N4O2S. The number of benzene rings is 1. The average Bonchev–Trinajstić information content (AvgIpc) is 2.89. The van der Waals surface area contributed by atoms with Crippen LogP contribution in [0.15, 0.2) is 18.2 Å². The average molecular weight is 304 g/mol. The van der Waals surface area contributed by atoms with Crippen molar-refractivity contribution in [2.45, 2.75) is 32.8 Å². The molecule has 0 aliphatic carbocycles. The van der Waals surface area contributed by atoms with E-state index in [0.717, 1.165) is 16.6 Å². The third-order valence-electron chi connectivity index (χ3n) is 3.12. The van der Waals surface area contributed by atoms with Gasteiger partial charge < -0.3 is 15.4 Å². The molecular weight excluding hydrogens is 288 g/mol. The zero-order chi connectivity index (χ0) is 15.0. The Labute approximate surface area is 126 Å². The van der Waals surface area contributed by atoms with Crippen molar-refractivity contribution in [1.29, 1.82) is 0 Å². The number of anilines is 3. The molecule has 21 heavy (non-hydrogen) atoms. The van der Waals surface area contributed by atoms with Crippen LogP contribution in [0.4, 0.5) is 16.5 Å². The summed E-state index contributed by atoms with van der Waals surface area (Å²) in [6.07, 6.45) is -0.465. The molecule has 0 bridgehead atoms. The highest BCUT2D eigenvalue weighted by atomic mass is 32.1. The predicted molar refractivity (Wildman–Crippen MR) is 82.4 cm³/mol. The van der Waals surface area contributed by atoms with E-state index in [-0.39, 0.29) is 5.91 Å². The van der Waals surface area contributed by atoms with Crippen LogP contribution in [0, 0.1) is 0 Å². The predicted octanol–water partition coefficient (Wildman–Crippen LogP) is 3.12. The Hall–Kier alpha value is -2.15. The lowest BCUT2D eigenvalue weighted by molar-refractivity contribution is -0.122. The van der Waals surface area contributed by atoms with E-state index in [2.05, 4.69) is 33.8 Å². The van der Waals surface area contributed by atoms with Crippen molar-refractivity contribution < 1.29 is 9.53 Å². The molecule has 1 aliphatic rings. The molecule has 7 heteroatoms. The fourth-order valence-corrected chi connectivity index (χ4v) is 2.66. The Morgan fingerprint density at radius 3 is 2.95 bits per heavy atom. The molecule has 0 radical (unpaired) electrons. The van der Waals surface area contributed by atoms with Crippen molar-refractivity contribution in [1.82, 2.24) is 9.36 Å². The van der Waals surface area contributed by atoms with Gasteiger partial charge in [0, 0.05) is 23.1 Å². The SMILES string of the molecule is CC1Oc2ccc(Nc3nc(C(C)C)ns3)cc2NC1=O. The molecule has 3 rings (SSSR count). The molecule has 1 unspecified atom stereocenters. The number of nitrogens with one attached hydrogen (secondary N) is 2. The smallest absolute Gasteiger partial charge is 0.265 e. The summed E-state index contributed by atoms with van der Waals surface area (Å²) in [7, 11) is 0. The van der Waals surface area contributed by atoms with Gasteiger partial charge in [0.15, 0.2) is 6.10 Å². The van der Waals surface area contributed by atoms with Crippen LogP contribution in [0.3, 0.4) is 0 Å². The number of fused-ring (bicyclic) bond motifs is 1. The van der Waals surface area contributed by atoms with Gasteiger partial charge in [0.1, 0.15) is 11.6 Å². The highest BCUT2D eigenvalue weighted by molar-refractivity contribution is 7.09. The lowest BCUT2D eigenvalue weighted by atomic mass is 10.2. The number of ether oxygens (including phenoxy) is 1. The maximum absolute atomic E-state index is 11.6. The van der Waals surface area contributed by atoms with Crippen LogP contribution in [0.2, 0.25) is 0 Å². The molecule has 1 aliphatic heterocycles. The van der Waals surface area contributed by atoms with E-state index in [0.29, 0.717) is 17.4 Å². The lowest BCUT2D eigenvalue weighted by Crippen LogP contribution is -2.34. The number of aromatic nitrogens is 2. The van der Waals surface area contributed by atoms with Gasteiger partial charge in [-0.1, -0.05) is 13.8 Å². The highest BCUT2D eigenvalue weighted by Gasteiger charge is 2.23. The normalized spacial score (nSPS) is 17.1. The molecule has 0 saturated carbocycles. The summed E-state index contributed by atoms with van der Waals surface area (Å²) >= 11 is 1.32. The van der Waals surface area contributed by atoms with Crippen LogP contribution in [-0.2, 0) is 4.79 Å². The van der Waals surface area contributed by atoms with Gasteiger partial charge in [0.25, 0.3) is 5.91 Å². The topological polar surface area (TPSA) is 76.1 Å². The van der Waals surface area contributed by atoms with Gasteiger partial charge in [-0.15, -0.1) is 0 Å². The van der Waals surface area contributed by atoms with E-state index < -0.39 is 6.10 Å². The van der Waals surface area contributed by atoms with E-state index in [1.54, 1.807) is 6.92 Å². The largest absolute Gasteiger partial charge is 0.479 e. The Morgan fingerprint density at radius 2 is 2.24 bits per heavy atom. The molecule has 0 saturated heterocycles. The molecule has 0 spiro atoms. The standard InChI is InChI=1S/C14H16N4O2S/c1-7(2)12-17-14(21-18-12)15-9-4-5-11-10(6-9)16-13(19)8(3)20-11/h4-8H,1-3H3,(H,16,19)(H,15,17,18). The quantitative estimate of drug-likeness (QED) is 0.911. The fourth-order valence-electron chi connectivity index (χ4n) is 1.93. The first kappa shape index (κ1) is 13.8. The van der Waals surface area contributed by atoms with E-state index in [1.807, 2.05) is 18.2 Å². The first-order chi connectivity index (χ1) is 10.0. The summed E-state index contributed by atoms with van der Waals surface area (Å²) in [5.74, 6) is 1.66. The zero-order valence-electron chi connectivity index (χ0n) is 12.0. The zero-order valence-corrected chi connectivity index (χ0v) is 12.8. The summed E-state index contributed by atoms with van der Waals surface area (Å²) in [6.45, 7) is 5.83. The van der Waals surface area contributed by atoms with Crippen molar-refractivity contribution in [3.63, 3.8) is 0 Å². The number of amides is 1. The molecule has 1 atom stereocenters. The first-order valence-electron chi connectivity index (χ1n) is 6.75. The van der Waals surface area contributed by atoms with E-state index >= 15 is 0 Å². The lowest BCUT2D eigenvalue weighted by Gasteiger charge is -2.23. The molecule has 1 aromatic heterocycles. The third-order valence-corrected chi connectivity index (χ3v) is 3.76. The van der Waals surface area contributed by atoms with Crippen LogP contribution in [0.1, 0.15) is 32.5 Å². The Morgan fingerprint density at radius 1 is 1.43 bits per heavy atom. The van der Waals surface area contributed by atoms with E-state index in [1.165, 1.54) is 11.5 Å². The Bertz CT molecular complexity index is 683. The molecule has 2 heterocycles. The third kappa shape index (κ3) is 2.82. The monoisotopic (exact) mass is 304 g/mol. The second-order valence-corrected chi connectivity index (χ2v) is 5.95. The Kier molecular flexibility index (Phi) is 3.50. The summed E-state index contributed by atoms with van der Waals surface area (Å²) in [5, 5.41) is 6.75. The van der Waals surface area contributed by atoms with Gasteiger partial charge in [-0.3, -0.25) is 4.79 Å². The summed E-state index contributed by atoms with van der Waals surface area (Å²) in [6, 6.07) is 5.55. The van der Waals surface area contributed by atoms with Crippen LogP contribution in [0.5, 0.6) is 5.75 Å². The number of carbonyl (C=O) groups excluding carboxylic acids is 1. The van der Waals surface area contributed by atoms with Gasteiger partial charge in [-0.05, 0) is 25.1 Å². The second-order valence-electron chi connectivity index (χ2n) is 5.20. The van der Waals surface area contributed by atoms with Gasteiger partial charge in [0.05, 0.1) is 5.69 Å². The Balaban J connectivity index is 1.80. The van der Waals surface area contributed by atoms with Gasteiger partial charge in [-0.25, -0.2) is 4.98 Å². The highest BCUT2D eigenvalue weighted by Crippen LogP contribution is 2.33. The van der Waals surface area contributed by atoms with E-state index in [9.17, 15) is 4.79 Å². The molecule has 6 nitrogen and oxygen atoms in total. The van der Waals surface area contributed by atoms with Crippen molar-refractivity contribution in [3.8, 4) is 5.75 Å². The number of nitrogens with zero attached hydrogens (tertiary/aromatic N) is 2. The molecule has 2 aromatic rings. The minimum atomic E-state index is -0.465. The van der Waals surface area contributed by atoms with Crippen LogP contribution < -0.4 is 15.4 Å². The minimum Gasteiger partial charge on any atom is -0.479 e. The van der Waals surface area contributed by atoms with Crippen LogP contribution in [0.25, 0.3) is 0 Å². The number of hydrogen-bond donors (Lipinski definition) is 2. The molecule has 1 amide bonds. The van der Waals surface area contributed by atoms with Gasteiger partial charge in [-0.2, -0.15) is 4.37 Å². The van der Waals surface area contributed by atoms with Crippen LogP contribution in [-0.4, -0.2) is 21.4 Å². The summed E-state index contributed by atoms with van der Waals surface area (Å²) in [5.41, 5.74) is 1.50. The number of carbonyl (C=O) groups is 1. The molecule has 1 aromatic carbocycles. The van der Waals surface area contributed by atoms with Gasteiger partial charge >= 0.3 is 0 Å². The number of rotatable bonds is 3. The molecule has 2 N–H and O–H groups in total. The van der Waals surface area contributed by atoms with Crippen molar-refractivity contribution in [2.24, 2.45) is 0 Å². The van der Waals surface area contributed by atoms with Crippen molar-refractivity contribution in [3.05, 3.63) is 24.0 Å². The summed E-state index contributed by atoms with van der Waals surface area (Å²) < 4.78 is 9.81. The summed E-state index contributed by atoms with van der Waals surface area (Å²) in [4.78, 5) is 16.0. The van der Waals surface area contributed by atoms with Crippen molar-refractivity contribution >= 4 is 33.9 Å². The maximum Gasteiger partial charge on any atom is 0.265 e. The van der Waals surface area contributed by atoms with Gasteiger partial charge in [0.2, 0.25) is 5.13 Å². The first-order valence-corrected chi connectivity index (χ1v) is 7.52. The van der Waals surface area contributed by atoms with Crippen molar-refractivity contribution in [2.75, 3.05) is 10.6 Å². The second kappa shape index (κ2) is 5.33. The van der Waals surface area contributed by atoms with Crippen LogP contribution >= 0.6 is 11.5 Å². The fraction of sp³-hybridized carbons (Fsp3) is 0.357. The molecule has 0 fully saturated rings. The maximum atomic E-state index is 11.6.